The molecule has 1 saturated heterocycles. The highest BCUT2D eigenvalue weighted by Gasteiger charge is 2.34. The highest BCUT2D eigenvalue weighted by Crippen LogP contribution is 2.39. The van der Waals surface area contributed by atoms with Gasteiger partial charge in [-0.1, -0.05) is 12.8 Å². The topological polar surface area (TPSA) is 72.4 Å². The predicted molar refractivity (Wildman–Crippen MR) is 81.7 cm³/mol. The van der Waals surface area contributed by atoms with Gasteiger partial charge in [-0.05, 0) is 49.8 Å². The first kappa shape index (κ1) is 13.3. The summed E-state index contributed by atoms with van der Waals surface area (Å²) < 4.78 is 0. The van der Waals surface area contributed by atoms with Crippen molar-refractivity contribution < 1.29 is 4.79 Å². The second-order valence-corrected chi connectivity index (χ2v) is 6.09. The van der Waals surface area contributed by atoms with Crippen LogP contribution in [0, 0.1) is 5.92 Å². The summed E-state index contributed by atoms with van der Waals surface area (Å²) in [6.07, 6.45) is 7.93. The Hall–Kier alpha value is -1.71. The van der Waals surface area contributed by atoms with E-state index in [1.54, 1.807) is 12.1 Å². The molecule has 1 aliphatic heterocycles. The number of carbonyl (C=O) groups is 1. The minimum atomic E-state index is -0.419. The minimum Gasteiger partial charge on any atom is -0.397 e. The Morgan fingerprint density at radius 2 is 1.90 bits per heavy atom. The first-order valence-electron chi connectivity index (χ1n) is 7.63. The van der Waals surface area contributed by atoms with Crippen LogP contribution in [0.25, 0.3) is 0 Å². The third-order valence-corrected chi connectivity index (χ3v) is 4.86. The molecule has 1 amide bonds. The standard InChI is InChI=1S/C16H23N3O/c17-13-10-12(16(18)20)7-8-15(13)19-9-3-6-14(19)11-4-1-2-5-11/h7-8,10-11,14H,1-6,9,17H2,(H2,18,20). The third kappa shape index (κ3) is 2.35. The monoisotopic (exact) mass is 273 g/mol. The molecule has 0 spiro atoms. The first-order chi connectivity index (χ1) is 9.66. The lowest BCUT2D eigenvalue weighted by atomic mass is 9.95. The summed E-state index contributed by atoms with van der Waals surface area (Å²) in [5.41, 5.74) is 13.7. The average molecular weight is 273 g/mol. The number of amides is 1. The van der Waals surface area contributed by atoms with Gasteiger partial charge in [0.15, 0.2) is 0 Å². The summed E-state index contributed by atoms with van der Waals surface area (Å²) in [4.78, 5) is 13.7. The Kier molecular flexibility index (Phi) is 3.55. The van der Waals surface area contributed by atoms with Crippen LogP contribution >= 0.6 is 0 Å². The van der Waals surface area contributed by atoms with Crippen LogP contribution in [0.4, 0.5) is 11.4 Å². The molecule has 1 aromatic rings. The molecule has 4 nitrogen and oxygen atoms in total. The van der Waals surface area contributed by atoms with Crippen molar-refractivity contribution in [1.29, 1.82) is 0 Å². The van der Waals surface area contributed by atoms with Crippen LogP contribution in [0.5, 0.6) is 0 Å². The van der Waals surface area contributed by atoms with E-state index in [4.69, 9.17) is 11.5 Å². The van der Waals surface area contributed by atoms with Crippen molar-refractivity contribution in [3.63, 3.8) is 0 Å². The van der Waals surface area contributed by atoms with Crippen molar-refractivity contribution in [3.8, 4) is 0 Å². The fourth-order valence-corrected chi connectivity index (χ4v) is 3.89. The maximum Gasteiger partial charge on any atom is 0.248 e. The summed E-state index contributed by atoms with van der Waals surface area (Å²) in [7, 11) is 0. The van der Waals surface area contributed by atoms with Gasteiger partial charge in [0.05, 0.1) is 11.4 Å². The van der Waals surface area contributed by atoms with E-state index >= 15 is 0 Å². The highest BCUT2D eigenvalue weighted by atomic mass is 16.1. The van der Waals surface area contributed by atoms with Gasteiger partial charge in [-0.3, -0.25) is 4.79 Å². The number of anilines is 2. The normalized spacial score (nSPS) is 23.4. The molecule has 3 rings (SSSR count). The zero-order valence-electron chi connectivity index (χ0n) is 11.8. The van der Waals surface area contributed by atoms with E-state index in [1.165, 1.54) is 38.5 Å². The molecule has 0 bridgehead atoms. The van der Waals surface area contributed by atoms with E-state index in [9.17, 15) is 4.79 Å². The van der Waals surface area contributed by atoms with Gasteiger partial charge in [0, 0.05) is 18.2 Å². The van der Waals surface area contributed by atoms with E-state index in [1.807, 2.05) is 6.07 Å². The Bertz CT molecular complexity index is 508. The minimum absolute atomic E-state index is 0.419. The lowest BCUT2D eigenvalue weighted by Crippen LogP contribution is -2.35. The SMILES string of the molecule is NC(=O)c1ccc(N2CCCC2C2CCCC2)c(N)c1. The summed E-state index contributed by atoms with van der Waals surface area (Å²) in [6, 6.07) is 6.09. The smallest absolute Gasteiger partial charge is 0.248 e. The number of nitrogens with two attached hydrogens (primary N) is 2. The predicted octanol–water partition coefficient (Wildman–Crippen LogP) is 2.53. The number of hydrogen-bond donors (Lipinski definition) is 2. The van der Waals surface area contributed by atoms with Crippen molar-refractivity contribution in [3.05, 3.63) is 23.8 Å². The summed E-state index contributed by atoms with van der Waals surface area (Å²) >= 11 is 0. The molecule has 1 heterocycles. The zero-order valence-corrected chi connectivity index (χ0v) is 11.8. The van der Waals surface area contributed by atoms with Gasteiger partial charge in [0.1, 0.15) is 0 Å². The van der Waals surface area contributed by atoms with E-state index in [2.05, 4.69) is 4.90 Å². The Morgan fingerprint density at radius 3 is 2.55 bits per heavy atom. The van der Waals surface area contributed by atoms with Crippen molar-refractivity contribution >= 4 is 17.3 Å². The molecule has 4 heteroatoms. The van der Waals surface area contributed by atoms with Gasteiger partial charge >= 0.3 is 0 Å². The summed E-state index contributed by atoms with van der Waals surface area (Å²) in [5, 5.41) is 0. The number of nitrogens with zero attached hydrogens (tertiary/aromatic N) is 1. The Morgan fingerprint density at radius 1 is 1.15 bits per heavy atom. The maximum atomic E-state index is 11.2. The third-order valence-electron chi connectivity index (χ3n) is 4.86. The zero-order chi connectivity index (χ0) is 14.1. The van der Waals surface area contributed by atoms with Crippen molar-refractivity contribution in [2.75, 3.05) is 17.2 Å². The van der Waals surface area contributed by atoms with Gasteiger partial charge in [-0.2, -0.15) is 0 Å². The summed E-state index contributed by atoms with van der Waals surface area (Å²) in [5.74, 6) is 0.393. The van der Waals surface area contributed by atoms with Gasteiger partial charge in [-0.25, -0.2) is 0 Å². The molecular formula is C16H23N3O. The quantitative estimate of drug-likeness (QED) is 0.831. The molecule has 2 fully saturated rings. The van der Waals surface area contributed by atoms with E-state index in [0.29, 0.717) is 17.3 Å². The van der Waals surface area contributed by atoms with E-state index in [-0.39, 0.29) is 0 Å². The average Bonchev–Trinajstić information content (AvgIpc) is 3.09. The van der Waals surface area contributed by atoms with Gasteiger partial charge in [-0.15, -0.1) is 0 Å². The lowest BCUT2D eigenvalue weighted by Gasteiger charge is -2.32. The van der Waals surface area contributed by atoms with Crippen LogP contribution in [0.2, 0.25) is 0 Å². The molecule has 1 aromatic carbocycles. The Labute approximate surface area is 120 Å². The lowest BCUT2D eigenvalue weighted by molar-refractivity contribution is 0.100. The van der Waals surface area contributed by atoms with Crippen molar-refractivity contribution in [1.82, 2.24) is 0 Å². The van der Waals surface area contributed by atoms with Gasteiger partial charge in [0.25, 0.3) is 0 Å². The number of hydrogen-bond acceptors (Lipinski definition) is 3. The molecule has 0 aromatic heterocycles. The molecule has 108 valence electrons. The Balaban J connectivity index is 1.85. The molecule has 1 atom stereocenters. The largest absolute Gasteiger partial charge is 0.397 e. The molecule has 20 heavy (non-hydrogen) atoms. The van der Waals surface area contributed by atoms with Crippen LogP contribution in [0.1, 0.15) is 48.9 Å². The first-order valence-corrected chi connectivity index (χ1v) is 7.63. The fraction of sp³-hybridized carbons (Fsp3) is 0.562. The van der Waals surface area contributed by atoms with E-state index < -0.39 is 5.91 Å². The highest BCUT2D eigenvalue weighted by molar-refractivity contribution is 5.95. The van der Waals surface area contributed by atoms with Crippen molar-refractivity contribution in [2.45, 2.75) is 44.6 Å². The van der Waals surface area contributed by atoms with Crippen LogP contribution in [-0.2, 0) is 0 Å². The number of nitrogen functional groups attached to an aromatic ring is 1. The number of rotatable bonds is 3. The van der Waals surface area contributed by atoms with Gasteiger partial charge < -0.3 is 16.4 Å². The van der Waals surface area contributed by atoms with Crippen LogP contribution < -0.4 is 16.4 Å². The number of primary amides is 1. The van der Waals surface area contributed by atoms with Gasteiger partial charge in [0.2, 0.25) is 5.91 Å². The molecule has 0 radical (unpaired) electrons. The maximum absolute atomic E-state index is 11.2. The molecule has 1 unspecified atom stereocenters. The molecular weight excluding hydrogens is 250 g/mol. The molecule has 2 aliphatic rings. The molecule has 1 aliphatic carbocycles. The molecule has 4 N–H and O–H groups in total. The number of benzene rings is 1. The van der Waals surface area contributed by atoms with Crippen LogP contribution in [-0.4, -0.2) is 18.5 Å². The summed E-state index contributed by atoms with van der Waals surface area (Å²) in [6.45, 7) is 1.07. The van der Waals surface area contributed by atoms with E-state index in [0.717, 1.165) is 18.2 Å². The van der Waals surface area contributed by atoms with Crippen LogP contribution in [0.15, 0.2) is 18.2 Å². The molecule has 1 saturated carbocycles. The van der Waals surface area contributed by atoms with Crippen molar-refractivity contribution in [2.24, 2.45) is 11.7 Å². The fourth-order valence-electron chi connectivity index (χ4n) is 3.89. The second kappa shape index (κ2) is 5.35. The number of carbonyl (C=O) groups excluding carboxylic acids is 1. The second-order valence-electron chi connectivity index (χ2n) is 6.09. The van der Waals surface area contributed by atoms with Crippen LogP contribution in [0.3, 0.4) is 0 Å².